The van der Waals surface area contributed by atoms with E-state index in [1.807, 2.05) is 6.92 Å². The molecule has 158 valence electrons. The van der Waals surface area contributed by atoms with Crippen LogP contribution < -0.4 is 10.9 Å². The van der Waals surface area contributed by atoms with Crippen molar-refractivity contribution in [3.05, 3.63) is 59.4 Å². The van der Waals surface area contributed by atoms with E-state index in [9.17, 15) is 26.4 Å². The van der Waals surface area contributed by atoms with Crippen LogP contribution in [0.3, 0.4) is 0 Å². The molecule has 1 heterocycles. The van der Waals surface area contributed by atoms with Crippen LogP contribution in [-0.4, -0.2) is 29.3 Å². The second-order valence-electron chi connectivity index (χ2n) is 6.55. The maximum absolute atomic E-state index is 12.9. The van der Waals surface area contributed by atoms with Gasteiger partial charge in [-0.25, -0.2) is 18.2 Å². The molecule has 2 aromatic carbocycles. The molecule has 0 atom stereocenters. The highest BCUT2D eigenvalue weighted by molar-refractivity contribution is 7.89. The number of nitrogens with two attached hydrogens (primary N) is 2. The monoisotopic (exact) mass is 439 g/mol. The number of sulfonamides is 1. The summed E-state index contributed by atoms with van der Waals surface area (Å²) in [7, 11) is -4.48. The van der Waals surface area contributed by atoms with Crippen LogP contribution in [0.5, 0.6) is 0 Å². The molecule has 3 rings (SSSR count). The quantitative estimate of drug-likeness (QED) is 0.627. The van der Waals surface area contributed by atoms with Crippen molar-refractivity contribution < 1.29 is 26.4 Å². The van der Waals surface area contributed by atoms with Gasteiger partial charge < -0.3 is 5.73 Å². The number of carbonyl (C=O) groups is 1. The van der Waals surface area contributed by atoms with Gasteiger partial charge in [0.15, 0.2) is 5.69 Å². The molecule has 30 heavy (non-hydrogen) atoms. The minimum atomic E-state index is -4.77. The Labute approximate surface area is 169 Å². The highest BCUT2D eigenvalue weighted by Gasteiger charge is 2.35. The van der Waals surface area contributed by atoms with Crippen LogP contribution in [0.4, 0.5) is 13.2 Å². The van der Waals surface area contributed by atoms with Crippen molar-refractivity contribution >= 4 is 15.9 Å². The molecule has 0 radical (unpaired) electrons. The summed E-state index contributed by atoms with van der Waals surface area (Å²) in [4.78, 5) is 11.0. The molecule has 0 saturated carbocycles. The lowest BCUT2D eigenvalue weighted by Gasteiger charge is -2.17. The Morgan fingerprint density at radius 1 is 1.13 bits per heavy atom. The molecule has 4 N–H and O–H groups in total. The fraction of sp³-hybridized carbons (Fsp3) is 0.167. The molecule has 0 spiro atoms. The van der Waals surface area contributed by atoms with Gasteiger partial charge in [0.25, 0.3) is 0 Å². The van der Waals surface area contributed by atoms with Crippen molar-refractivity contribution in [2.75, 3.05) is 0 Å². The van der Waals surface area contributed by atoms with Crippen LogP contribution in [0.2, 0.25) is 0 Å². The smallest absolute Gasteiger partial charge is 0.369 e. The number of hydrogen-bond donors (Lipinski definition) is 2. The highest BCUT2D eigenvalue weighted by Crippen LogP contribution is 2.36. The largest absolute Gasteiger partial charge is 0.436 e. The van der Waals surface area contributed by atoms with E-state index in [0.29, 0.717) is 16.4 Å². The fourth-order valence-electron chi connectivity index (χ4n) is 2.96. The zero-order chi connectivity index (χ0) is 22.3. The molecule has 3 aromatic rings. The zero-order valence-electron chi connectivity index (χ0n) is 15.5. The third-order valence-corrected chi connectivity index (χ3v) is 5.23. The number of aryl methyl sites for hydroxylation is 1. The van der Waals surface area contributed by atoms with E-state index in [-0.39, 0.29) is 23.2 Å². The van der Waals surface area contributed by atoms with Gasteiger partial charge in [-0.3, -0.25) is 4.79 Å². The van der Waals surface area contributed by atoms with Crippen molar-refractivity contribution in [3.63, 3.8) is 0 Å². The van der Waals surface area contributed by atoms with Crippen LogP contribution in [-0.2, 0) is 27.4 Å². The number of aromatic nitrogens is 3. The number of amides is 1. The number of carbonyl (C=O) groups excluding carboxylic acids is 1. The predicted octanol–water partition coefficient (Wildman–Crippen LogP) is 1.94. The summed E-state index contributed by atoms with van der Waals surface area (Å²) in [6.45, 7) is 1.82. The lowest BCUT2D eigenvalue weighted by Crippen LogP contribution is -2.20. The molecule has 0 aliphatic carbocycles. The van der Waals surface area contributed by atoms with E-state index in [4.69, 9.17) is 10.9 Å². The van der Waals surface area contributed by atoms with E-state index in [1.165, 1.54) is 12.1 Å². The van der Waals surface area contributed by atoms with E-state index in [1.54, 1.807) is 24.3 Å². The van der Waals surface area contributed by atoms with Crippen LogP contribution in [0.1, 0.15) is 16.8 Å². The standard InChI is InChI=1S/C18H16F3N5O3S/c1-10-2-4-11(5-3-10)16-12(8-15(22)27)6-7-13(17(16)30(23,28)29)26-9-14(24-25-26)18(19,20)21/h2-7,9H,8H2,1H3,(H2,22,27)(H2,23,28,29). The topological polar surface area (TPSA) is 134 Å². The Bertz CT molecular complexity index is 1220. The molecular formula is C18H16F3N5O3S. The average Bonchev–Trinajstić information content (AvgIpc) is 3.11. The summed E-state index contributed by atoms with van der Waals surface area (Å²) in [5.41, 5.74) is 5.30. The lowest BCUT2D eigenvalue weighted by molar-refractivity contribution is -0.141. The second kappa shape index (κ2) is 7.54. The molecule has 8 nitrogen and oxygen atoms in total. The first kappa shape index (κ1) is 21.5. The van der Waals surface area contributed by atoms with Crippen LogP contribution in [0.25, 0.3) is 16.8 Å². The van der Waals surface area contributed by atoms with Gasteiger partial charge in [-0.15, -0.1) is 5.10 Å². The second-order valence-corrected chi connectivity index (χ2v) is 8.05. The van der Waals surface area contributed by atoms with Crippen LogP contribution in [0, 0.1) is 6.92 Å². The summed E-state index contributed by atoms with van der Waals surface area (Å²) in [6.07, 6.45) is -4.53. The Balaban J connectivity index is 2.37. The molecule has 0 bridgehead atoms. The van der Waals surface area contributed by atoms with Gasteiger partial charge >= 0.3 is 6.18 Å². The predicted molar refractivity (Wildman–Crippen MR) is 101 cm³/mol. The van der Waals surface area contributed by atoms with E-state index >= 15 is 0 Å². The number of nitrogens with zero attached hydrogens (tertiary/aromatic N) is 3. The summed E-state index contributed by atoms with van der Waals surface area (Å²) in [5, 5.41) is 11.9. The molecule has 1 aromatic heterocycles. The van der Waals surface area contributed by atoms with E-state index in [0.717, 1.165) is 5.56 Å². The maximum atomic E-state index is 12.9. The molecule has 0 unspecified atom stereocenters. The zero-order valence-corrected chi connectivity index (χ0v) is 16.3. The molecule has 1 amide bonds. The Morgan fingerprint density at radius 2 is 1.77 bits per heavy atom. The number of rotatable bonds is 5. The van der Waals surface area contributed by atoms with Gasteiger partial charge in [0.05, 0.1) is 18.3 Å². The van der Waals surface area contributed by atoms with Gasteiger partial charge in [-0.2, -0.15) is 13.2 Å². The van der Waals surface area contributed by atoms with Crippen LogP contribution >= 0.6 is 0 Å². The number of halogens is 3. The molecule has 12 heteroatoms. The number of primary sulfonamides is 1. The SMILES string of the molecule is Cc1ccc(-c2c(CC(N)=O)ccc(-n3cc(C(F)(F)F)nn3)c2S(N)(=O)=O)cc1. The van der Waals surface area contributed by atoms with Gasteiger partial charge in [0.2, 0.25) is 15.9 Å². The van der Waals surface area contributed by atoms with Crippen molar-refractivity contribution in [2.24, 2.45) is 10.9 Å². The molecule has 0 aliphatic rings. The van der Waals surface area contributed by atoms with Crippen LogP contribution in [0.15, 0.2) is 47.5 Å². The first-order valence-corrected chi connectivity index (χ1v) is 9.96. The van der Waals surface area contributed by atoms with Crippen molar-refractivity contribution in [2.45, 2.75) is 24.4 Å². The van der Waals surface area contributed by atoms with Crippen molar-refractivity contribution in [3.8, 4) is 16.8 Å². The summed E-state index contributed by atoms with van der Waals surface area (Å²) < 4.78 is 64.5. The first-order valence-electron chi connectivity index (χ1n) is 8.42. The third-order valence-electron chi connectivity index (χ3n) is 4.24. The molecule has 0 fully saturated rings. The number of primary amides is 1. The number of alkyl halides is 3. The first-order chi connectivity index (χ1) is 13.9. The normalized spacial score (nSPS) is 12.2. The summed E-state index contributed by atoms with van der Waals surface area (Å²) in [5.74, 6) is -0.725. The molecular weight excluding hydrogens is 423 g/mol. The average molecular weight is 439 g/mol. The number of hydrogen-bond acceptors (Lipinski definition) is 5. The van der Waals surface area contributed by atoms with Gasteiger partial charge in [-0.1, -0.05) is 41.1 Å². The minimum Gasteiger partial charge on any atom is -0.369 e. The summed E-state index contributed by atoms with van der Waals surface area (Å²) in [6, 6.07) is 9.22. The third kappa shape index (κ3) is 4.33. The molecule has 0 aliphatic heterocycles. The lowest BCUT2D eigenvalue weighted by atomic mass is 9.96. The minimum absolute atomic E-state index is 0.0536. The van der Waals surface area contributed by atoms with Gasteiger partial charge in [0.1, 0.15) is 4.90 Å². The fourth-order valence-corrected chi connectivity index (χ4v) is 3.95. The Kier molecular flexibility index (Phi) is 5.39. The van der Waals surface area contributed by atoms with E-state index in [2.05, 4.69) is 10.3 Å². The molecule has 0 saturated heterocycles. The van der Waals surface area contributed by atoms with Crippen molar-refractivity contribution in [1.82, 2.24) is 15.0 Å². The Hall–Kier alpha value is -3.25. The van der Waals surface area contributed by atoms with Gasteiger partial charge in [0, 0.05) is 5.56 Å². The van der Waals surface area contributed by atoms with Crippen molar-refractivity contribution in [1.29, 1.82) is 0 Å². The number of benzene rings is 2. The summed E-state index contributed by atoms with van der Waals surface area (Å²) >= 11 is 0. The van der Waals surface area contributed by atoms with Gasteiger partial charge in [-0.05, 0) is 24.1 Å². The highest BCUT2D eigenvalue weighted by atomic mass is 32.2. The maximum Gasteiger partial charge on any atom is 0.436 e. The van der Waals surface area contributed by atoms with E-state index < -0.39 is 32.7 Å². The Morgan fingerprint density at radius 3 is 2.27 bits per heavy atom.